The van der Waals surface area contributed by atoms with Gasteiger partial charge in [-0.3, -0.25) is 4.98 Å². The maximum atomic E-state index is 5.46. The van der Waals surface area contributed by atoms with Gasteiger partial charge in [0.25, 0.3) is 0 Å². The van der Waals surface area contributed by atoms with Gasteiger partial charge in [-0.2, -0.15) is 9.61 Å². The Hall–Kier alpha value is -3.00. The van der Waals surface area contributed by atoms with Crippen LogP contribution < -0.4 is 9.47 Å². The van der Waals surface area contributed by atoms with Crippen molar-refractivity contribution < 1.29 is 9.47 Å². The van der Waals surface area contributed by atoms with E-state index in [1.54, 1.807) is 31.1 Å². The summed E-state index contributed by atoms with van der Waals surface area (Å²) in [5.41, 5.74) is 1.74. The molecule has 0 aliphatic rings. The van der Waals surface area contributed by atoms with Crippen LogP contribution in [0.5, 0.6) is 11.5 Å². The first-order valence-electron chi connectivity index (χ1n) is 7.15. The highest BCUT2D eigenvalue weighted by Crippen LogP contribution is 2.36. The highest BCUT2D eigenvalue weighted by molar-refractivity contribution is 7.19. The molecule has 3 heterocycles. The van der Waals surface area contributed by atoms with Crippen LogP contribution in [0.1, 0.15) is 0 Å². The van der Waals surface area contributed by atoms with Crippen LogP contribution in [0.4, 0.5) is 0 Å². The molecule has 0 spiro atoms. The van der Waals surface area contributed by atoms with Crippen molar-refractivity contribution in [1.29, 1.82) is 0 Å². The van der Waals surface area contributed by atoms with Gasteiger partial charge in [0.15, 0.2) is 10.8 Å². The van der Waals surface area contributed by atoms with Gasteiger partial charge in [-0.1, -0.05) is 11.3 Å². The topological polar surface area (TPSA) is 74.4 Å². The van der Waals surface area contributed by atoms with Crippen LogP contribution >= 0.6 is 11.3 Å². The second kappa shape index (κ2) is 5.89. The van der Waals surface area contributed by atoms with E-state index in [0.717, 1.165) is 21.9 Å². The summed E-state index contributed by atoms with van der Waals surface area (Å²) < 4.78 is 12.4. The fourth-order valence-corrected chi connectivity index (χ4v) is 3.25. The summed E-state index contributed by atoms with van der Waals surface area (Å²) >= 11 is 1.45. The molecule has 0 aliphatic carbocycles. The number of hydrogen-bond donors (Lipinski definition) is 0. The molecule has 7 nitrogen and oxygen atoms in total. The normalized spacial score (nSPS) is 10.9. The van der Waals surface area contributed by atoms with Crippen LogP contribution in [-0.2, 0) is 0 Å². The van der Waals surface area contributed by atoms with Crippen LogP contribution in [0.25, 0.3) is 26.9 Å². The number of pyridine rings is 1. The molecule has 4 aromatic rings. The van der Waals surface area contributed by atoms with Crippen LogP contribution in [0.2, 0.25) is 0 Å². The summed E-state index contributed by atoms with van der Waals surface area (Å²) in [6.45, 7) is 0. The van der Waals surface area contributed by atoms with E-state index in [9.17, 15) is 0 Å². The molecule has 0 bridgehead atoms. The van der Waals surface area contributed by atoms with Gasteiger partial charge in [0, 0.05) is 24.0 Å². The fraction of sp³-hybridized carbons (Fsp3) is 0.125. The maximum absolute atomic E-state index is 5.46. The molecule has 24 heavy (non-hydrogen) atoms. The first kappa shape index (κ1) is 14.6. The second-order valence-corrected chi connectivity index (χ2v) is 5.89. The highest BCUT2D eigenvalue weighted by atomic mass is 32.1. The minimum absolute atomic E-state index is 0.660. The molecule has 3 aromatic heterocycles. The summed E-state index contributed by atoms with van der Waals surface area (Å²) in [4.78, 5) is 4.83. The van der Waals surface area contributed by atoms with E-state index in [4.69, 9.17) is 9.47 Å². The zero-order chi connectivity index (χ0) is 16.5. The smallest absolute Gasteiger partial charge is 0.235 e. The van der Waals surface area contributed by atoms with E-state index >= 15 is 0 Å². The predicted octanol–water partition coefficient (Wildman–Crippen LogP) is 2.93. The fourth-order valence-electron chi connectivity index (χ4n) is 2.38. The molecule has 0 atom stereocenters. The van der Waals surface area contributed by atoms with Gasteiger partial charge in [0.05, 0.1) is 19.8 Å². The van der Waals surface area contributed by atoms with Crippen LogP contribution in [0.3, 0.4) is 0 Å². The minimum Gasteiger partial charge on any atom is -0.497 e. The number of hydrogen-bond acceptors (Lipinski definition) is 7. The Morgan fingerprint density at radius 3 is 2.75 bits per heavy atom. The standard InChI is InChI=1S/C16H13N5O2S/c1-22-11-5-6-12(13(8-11)23-2)15-20-21-14(18-19-16(21)24-15)10-4-3-7-17-9-10/h3-9H,1-2H3. The quantitative estimate of drug-likeness (QED) is 0.569. The SMILES string of the molecule is COc1ccc(-c2nn3c(-c4cccnc4)nnc3s2)c(OC)c1. The van der Waals surface area contributed by atoms with Gasteiger partial charge < -0.3 is 9.47 Å². The van der Waals surface area contributed by atoms with Crippen LogP contribution in [-0.4, -0.2) is 39.0 Å². The molecule has 8 heteroatoms. The molecule has 0 aliphatic heterocycles. The Morgan fingerprint density at radius 2 is 2.00 bits per heavy atom. The molecule has 120 valence electrons. The van der Waals surface area contributed by atoms with Gasteiger partial charge in [-0.15, -0.1) is 10.2 Å². The average molecular weight is 339 g/mol. The lowest BCUT2D eigenvalue weighted by molar-refractivity contribution is 0.395. The number of aromatic nitrogens is 5. The first-order valence-corrected chi connectivity index (χ1v) is 7.97. The van der Waals surface area contributed by atoms with Crippen molar-refractivity contribution in [2.45, 2.75) is 0 Å². The zero-order valence-corrected chi connectivity index (χ0v) is 13.8. The van der Waals surface area contributed by atoms with Crippen molar-refractivity contribution in [3.8, 4) is 33.5 Å². The third-order valence-corrected chi connectivity index (χ3v) is 4.48. The lowest BCUT2D eigenvalue weighted by Gasteiger charge is -2.07. The molecular formula is C16H13N5O2S. The van der Waals surface area contributed by atoms with Crippen molar-refractivity contribution in [2.75, 3.05) is 14.2 Å². The van der Waals surface area contributed by atoms with E-state index in [-0.39, 0.29) is 0 Å². The van der Waals surface area contributed by atoms with E-state index in [2.05, 4.69) is 20.3 Å². The zero-order valence-electron chi connectivity index (χ0n) is 13.0. The van der Waals surface area contributed by atoms with Crippen molar-refractivity contribution in [1.82, 2.24) is 24.8 Å². The number of benzene rings is 1. The number of rotatable bonds is 4. The monoisotopic (exact) mass is 339 g/mol. The third kappa shape index (κ3) is 2.37. The molecule has 0 saturated carbocycles. The van der Waals surface area contributed by atoms with Crippen molar-refractivity contribution in [3.05, 3.63) is 42.7 Å². The Bertz CT molecular complexity index is 996. The van der Waals surface area contributed by atoms with Gasteiger partial charge in [0.1, 0.15) is 11.5 Å². The lowest BCUT2D eigenvalue weighted by atomic mass is 10.2. The van der Waals surface area contributed by atoms with Crippen molar-refractivity contribution >= 4 is 16.3 Å². The first-order chi connectivity index (χ1) is 11.8. The summed E-state index contributed by atoms with van der Waals surface area (Å²) in [6.07, 6.45) is 3.46. The summed E-state index contributed by atoms with van der Waals surface area (Å²) in [5, 5.41) is 13.8. The predicted molar refractivity (Wildman–Crippen MR) is 90.4 cm³/mol. The van der Waals surface area contributed by atoms with Gasteiger partial charge in [0.2, 0.25) is 4.96 Å². The molecule has 0 N–H and O–H groups in total. The Morgan fingerprint density at radius 1 is 1.08 bits per heavy atom. The third-order valence-electron chi connectivity index (χ3n) is 3.55. The maximum Gasteiger partial charge on any atom is 0.235 e. The molecule has 0 fully saturated rings. The molecule has 4 rings (SSSR count). The van der Waals surface area contributed by atoms with E-state index in [1.807, 2.05) is 30.3 Å². The van der Waals surface area contributed by atoms with E-state index in [0.29, 0.717) is 16.5 Å². The second-order valence-electron chi connectivity index (χ2n) is 4.93. The van der Waals surface area contributed by atoms with E-state index in [1.165, 1.54) is 11.3 Å². The average Bonchev–Trinajstić information content (AvgIpc) is 3.22. The Labute approximate surface area is 141 Å². The molecular weight excluding hydrogens is 326 g/mol. The molecule has 0 radical (unpaired) electrons. The highest BCUT2D eigenvalue weighted by Gasteiger charge is 2.17. The van der Waals surface area contributed by atoms with E-state index < -0.39 is 0 Å². The molecule has 0 saturated heterocycles. The Kier molecular flexibility index (Phi) is 3.58. The van der Waals surface area contributed by atoms with Gasteiger partial charge >= 0.3 is 0 Å². The van der Waals surface area contributed by atoms with Crippen molar-refractivity contribution in [2.24, 2.45) is 0 Å². The summed E-state index contributed by atoms with van der Waals surface area (Å²) in [7, 11) is 3.25. The number of nitrogens with zero attached hydrogens (tertiary/aromatic N) is 5. The van der Waals surface area contributed by atoms with Crippen LogP contribution in [0.15, 0.2) is 42.7 Å². The summed E-state index contributed by atoms with van der Waals surface area (Å²) in [5.74, 6) is 2.09. The Balaban J connectivity index is 1.83. The number of ether oxygens (including phenoxy) is 2. The van der Waals surface area contributed by atoms with Gasteiger partial charge in [-0.05, 0) is 24.3 Å². The molecule has 0 amide bonds. The molecule has 0 unspecified atom stereocenters. The van der Waals surface area contributed by atoms with Crippen molar-refractivity contribution in [3.63, 3.8) is 0 Å². The minimum atomic E-state index is 0.660. The van der Waals surface area contributed by atoms with Gasteiger partial charge in [-0.25, -0.2) is 0 Å². The largest absolute Gasteiger partial charge is 0.497 e. The molecule has 1 aromatic carbocycles. The number of methoxy groups -OCH3 is 2. The lowest BCUT2D eigenvalue weighted by Crippen LogP contribution is -1.93. The summed E-state index contributed by atoms with van der Waals surface area (Å²) in [6, 6.07) is 9.42. The van der Waals surface area contributed by atoms with Crippen LogP contribution in [0, 0.1) is 0 Å². The number of fused-ring (bicyclic) bond motifs is 1.